The van der Waals surface area contributed by atoms with Gasteiger partial charge in [-0.3, -0.25) is 14.1 Å². The lowest BCUT2D eigenvalue weighted by atomic mass is 10.1. The normalized spacial score (nSPS) is 18.3. The van der Waals surface area contributed by atoms with Crippen LogP contribution in [0.25, 0.3) is 4.96 Å². The van der Waals surface area contributed by atoms with Gasteiger partial charge in [0.05, 0.1) is 5.69 Å². The van der Waals surface area contributed by atoms with Crippen molar-refractivity contribution in [1.29, 1.82) is 0 Å². The van der Waals surface area contributed by atoms with E-state index in [1.807, 2.05) is 5.38 Å². The molecule has 3 aromatic rings. The van der Waals surface area contributed by atoms with Crippen LogP contribution in [0.4, 0.5) is 5.69 Å². The number of nitrogens with zero attached hydrogens (tertiary/aromatic N) is 4. The molecular formula is C19H22N4OS. The summed E-state index contributed by atoms with van der Waals surface area (Å²) in [5.41, 5.74) is 3.48. The molecule has 1 atom stereocenters. The van der Waals surface area contributed by atoms with Gasteiger partial charge in [-0.2, -0.15) is 0 Å². The van der Waals surface area contributed by atoms with Gasteiger partial charge >= 0.3 is 0 Å². The quantitative estimate of drug-likeness (QED) is 0.725. The van der Waals surface area contributed by atoms with E-state index in [9.17, 15) is 4.79 Å². The van der Waals surface area contributed by atoms with Crippen LogP contribution < -0.4 is 10.5 Å². The van der Waals surface area contributed by atoms with Gasteiger partial charge in [-0.05, 0) is 18.1 Å². The van der Waals surface area contributed by atoms with Crippen molar-refractivity contribution in [2.45, 2.75) is 32.5 Å². The van der Waals surface area contributed by atoms with Gasteiger partial charge in [-0.1, -0.05) is 25.1 Å². The number of likely N-dealkylation sites (N-methyl/N-ethyl adjacent to an activating group) is 1. The Balaban J connectivity index is 1.68. The number of fused-ring (bicyclic) bond motifs is 2. The van der Waals surface area contributed by atoms with Crippen molar-refractivity contribution < 1.29 is 0 Å². The van der Waals surface area contributed by atoms with Crippen molar-refractivity contribution in [3.63, 3.8) is 0 Å². The van der Waals surface area contributed by atoms with E-state index in [2.05, 4.69) is 48.0 Å². The maximum Gasteiger partial charge on any atom is 0.258 e. The summed E-state index contributed by atoms with van der Waals surface area (Å²) in [6.07, 6.45) is 2.85. The number of para-hydroxylation sites is 1. The summed E-state index contributed by atoms with van der Waals surface area (Å²) in [6, 6.07) is 10.7. The molecule has 4 rings (SSSR count). The molecule has 1 aromatic carbocycles. The SMILES string of the molecule is CC[C@@H]1CN(C)c2ccccc2CN1Cc1cc(=O)n2ccsc2n1. The maximum absolute atomic E-state index is 12.3. The Labute approximate surface area is 151 Å². The van der Waals surface area contributed by atoms with Gasteiger partial charge in [0.15, 0.2) is 4.96 Å². The molecule has 0 saturated carbocycles. The summed E-state index contributed by atoms with van der Waals surface area (Å²) < 4.78 is 1.61. The van der Waals surface area contributed by atoms with Crippen LogP contribution in [0.5, 0.6) is 0 Å². The number of benzene rings is 1. The molecule has 25 heavy (non-hydrogen) atoms. The van der Waals surface area contributed by atoms with Crippen LogP contribution in [0.15, 0.2) is 46.7 Å². The van der Waals surface area contributed by atoms with E-state index in [0.29, 0.717) is 12.6 Å². The van der Waals surface area contributed by atoms with E-state index in [1.165, 1.54) is 22.6 Å². The minimum atomic E-state index is 0.00152. The van der Waals surface area contributed by atoms with Crippen molar-refractivity contribution in [2.24, 2.45) is 0 Å². The summed E-state index contributed by atoms with van der Waals surface area (Å²) in [5, 5.41) is 1.90. The molecule has 0 N–H and O–H groups in total. The second-order valence-electron chi connectivity index (χ2n) is 6.62. The molecular weight excluding hydrogens is 332 g/mol. The van der Waals surface area contributed by atoms with Crippen molar-refractivity contribution in [2.75, 3.05) is 18.5 Å². The summed E-state index contributed by atoms with van der Waals surface area (Å²) >= 11 is 1.50. The standard InChI is InChI=1S/C19H22N4OS/c1-3-16-13-21(2)17-7-5-4-6-14(17)11-22(16)12-15-10-18(24)23-8-9-25-19(23)20-15/h4-10,16H,3,11-13H2,1-2H3/t16-/m1/s1. The van der Waals surface area contributed by atoms with Crippen LogP contribution in [-0.2, 0) is 13.1 Å². The number of thiazole rings is 1. The fourth-order valence-corrected chi connectivity index (χ4v) is 4.38. The van der Waals surface area contributed by atoms with Crippen LogP contribution in [0, 0.1) is 0 Å². The fraction of sp³-hybridized carbons (Fsp3) is 0.368. The first kappa shape index (κ1) is 16.3. The van der Waals surface area contributed by atoms with E-state index in [4.69, 9.17) is 4.98 Å². The molecule has 0 radical (unpaired) electrons. The predicted octanol–water partition coefficient (Wildman–Crippen LogP) is 2.99. The lowest BCUT2D eigenvalue weighted by Crippen LogP contribution is -2.39. The summed E-state index contributed by atoms with van der Waals surface area (Å²) in [4.78, 5) is 22.5. The lowest BCUT2D eigenvalue weighted by Gasteiger charge is -2.30. The molecule has 1 aliphatic rings. The monoisotopic (exact) mass is 354 g/mol. The lowest BCUT2D eigenvalue weighted by molar-refractivity contribution is 0.179. The molecule has 0 amide bonds. The van der Waals surface area contributed by atoms with Gasteiger partial charge in [0.2, 0.25) is 0 Å². The van der Waals surface area contributed by atoms with Crippen LogP contribution in [0.2, 0.25) is 0 Å². The molecule has 0 bridgehead atoms. The number of hydrogen-bond acceptors (Lipinski definition) is 5. The average Bonchev–Trinajstić information content (AvgIpc) is 3.03. The van der Waals surface area contributed by atoms with Crippen LogP contribution in [0.1, 0.15) is 24.6 Å². The van der Waals surface area contributed by atoms with Gasteiger partial charge in [-0.15, -0.1) is 11.3 Å². The zero-order valence-electron chi connectivity index (χ0n) is 14.6. The molecule has 0 unspecified atom stereocenters. The van der Waals surface area contributed by atoms with E-state index in [0.717, 1.165) is 30.2 Å². The first-order chi connectivity index (χ1) is 12.2. The summed E-state index contributed by atoms with van der Waals surface area (Å²) in [7, 11) is 2.16. The number of hydrogen-bond donors (Lipinski definition) is 0. The minimum absolute atomic E-state index is 0.00152. The van der Waals surface area contributed by atoms with E-state index >= 15 is 0 Å². The van der Waals surface area contributed by atoms with Crippen molar-refractivity contribution in [3.8, 4) is 0 Å². The zero-order chi connectivity index (χ0) is 17.4. The van der Waals surface area contributed by atoms with Gasteiger partial charge in [-0.25, -0.2) is 4.98 Å². The summed E-state index contributed by atoms with van der Waals surface area (Å²) in [6.45, 7) is 4.79. The first-order valence-corrected chi connectivity index (χ1v) is 9.52. The molecule has 5 nitrogen and oxygen atoms in total. The van der Waals surface area contributed by atoms with Gasteiger partial charge < -0.3 is 4.90 Å². The molecule has 6 heteroatoms. The Morgan fingerprint density at radius 1 is 1.32 bits per heavy atom. The average molecular weight is 354 g/mol. The third-order valence-corrected chi connectivity index (χ3v) is 5.73. The maximum atomic E-state index is 12.3. The Morgan fingerprint density at radius 2 is 2.16 bits per heavy atom. The highest BCUT2D eigenvalue weighted by Crippen LogP contribution is 2.27. The third-order valence-electron chi connectivity index (χ3n) is 4.97. The minimum Gasteiger partial charge on any atom is -0.373 e. The highest BCUT2D eigenvalue weighted by molar-refractivity contribution is 7.15. The Bertz CT molecular complexity index is 948. The van der Waals surface area contributed by atoms with Crippen LogP contribution >= 0.6 is 11.3 Å². The van der Waals surface area contributed by atoms with E-state index in [1.54, 1.807) is 16.7 Å². The van der Waals surface area contributed by atoms with Gasteiger partial charge in [0, 0.05) is 56.1 Å². The number of rotatable bonds is 3. The Hall–Kier alpha value is -2.18. The largest absolute Gasteiger partial charge is 0.373 e. The smallest absolute Gasteiger partial charge is 0.258 e. The van der Waals surface area contributed by atoms with Crippen molar-refractivity contribution in [1.82, 2.24) is 14.3 Å². The highest BCUT2D eigenvalue weighted by Gasteiger charge is 2.25. The molecule has 0 saturated heterocycles. The van der Waals surface area contributed by atoms with Crippen molar-refractivity contribution in [3.05, 3.63) is 63.5 Å². The van der Waals surface area contributed by atoms with Crippen LogP contribution in [-0.4, -0.2) is 33.9 Å². The second-order valence-corrected chi connectivity index (χ2v) is 7.49. The number of anilines is 1. The summed E-state index contributed by atoms with van der Waals surface area (Å²) in [5.74, 6) is 0. The topological polar surface area (TPSA) is 40.9 Å². The molecule has 2 aromatic heterocycles. The predicted molar refractivity (Wildman–Crippen MR) is 102 cm³/mol. The first-order valence-electron chi connectivity index (χ1n) is 8.64. The van der Waals surface area contributed by atoms with Crippen molar-refractivity contribution >= 4 is 22.0 Å². The molecule has 130 valence electrons. The Kier molecular flexibility index (Phi) is 4.31. The van der Waals surface area contributed by atoms with E-state index in [-0.39, 0.29) is 5.56 Å². The third kappa shape index (κ3) is 3.07. The second kappa shape index (κ2) is 6.61. The van der Waals surface area contributed by atoms with E-state index < -0.39 is 0 Å². The molecule has 1 aliphatic heterocycles. The molecule has 0 fully saturated rings. The molecule has 0 aliphatic carbocycles. The molecule has 3 heterocycles. The molecule has 0 spiro atoms. The van der Waals surface area contributed by atoms with Crippen LogP contribution in [0.3, 0.4) is 0 Å². The van der Waals surface area contributed by atoms with Gasteiger partial charge in [0.25, 0.3) is 5.56 Å². The fourth-order valence-electron chi connectivity index (χ4n) is 3.64. The highest BCUT2D eigenvalue weighted by atomic mass is 32.1. The zero-order valence-corrected chi connectivity index (χ0v) is 15.4. The Morgan fingerprint density at radius 3 is 3.00 bits per heavy atom. The van der Waals surface area contributed by atoms with Gasteiger partial charge in [0.1, 0.15) is 0 Å². The number of aromatic nitrogens is 2.